The van der Waals surface area contributed by atoms with Gasteiger partial charge in [0.15, 0.2) is 17.4 Å². The highest BCUT2D eigenvalue weighted by molar-refractivity contribution is 5.85. The number of carbonyl (C=O) groups is 2. The largest absolute Gasteiger partial charge is 0.393 e. The fourth-order valence-electron chi connectivity index (χ4n) is 1.25. The van der Waals surface area contributed by atoms with Crippen LogP contribution >= 0.6 is 0 Å². The number of rotatable bonds is 6. The average Bonchev–Trinajstić information content (AvgIpc) is 2.15. The van der Waals surface area contributed by atoms with Crippen molar-refractivity contribution in [3.05, 3.63) is 0 Å². The molecule has 2 atom stereocenters. The summed E-state index contributed by atoms with van der Waals surface area (Å²) >= 11 is 0. The summed E-state index contributed by atoms with van der Waals surface area (Å²) in [7, 11) is 0. The van der Waals surface area contributed by atoms with Gasteiger partial charge >= 0.3 is 11.9 Å². The molecule has 16 heavy (non-hydrogen) atoms. The first-order valence-corrected chi connectivity index (χ1v) is 5.39. The topological polar surface area (TPSA) is 63.6 Å². The van der Waals surface area contributed by atoms with Gasteiger partial charge in [0.05, 0.1) is 12.0 Å². The molecule has 0 aliphatic carbocycles. The van der Waals surface area contributed by atoms with Gasteiger partial charge in [-0.15, -0.1) is 0 Å². The Labute approximate surface area is 107 Å². The molecule has 94 valence electrons. The molecule has 0 saturated carbocycles. The van der Waals surface area contributed by atoms with Crippen LogP contribution in [0.4, 0.5) is 0 Å². The Morgan fingerprint density at radius 2 is 1.88 bits per heavy atom. The van der Waals surface area contributed by atoms with E-state index in [2.05, 4.69) is 11.7 Å². The van der Waals surface area contributed by atoms with E-state index in [9.17, 15) is 14.7 Å². The second-order valence-corrected chi connectivity index (χ2v) is 3.76. The molecule has 0 aromatic carbocycles. The standard InChI is InChI=1S/C11H20O4.Al.3H/c1-4-5-6-7-10(13)8(2)11(14)15-9(3)12;;;;/h8,10,13H,4-7H2,1-3H3;;;;. The van der Waals surface area contributed by atoms with E-state index in [0.29, 0.717) is 6.42 Å². The van der Waals surface area contributed by atoms with Crippen molar-refractivity contribution in [3.8, 4) is 0 Å². The van der Waals surface area contributed by atoms with Crippen molar-refractivity contribution in [2.24, 2.45) is 5.92 Å². The number of aliphatic hydroxyl groups excluding tert-OH is 1. The molecule has 0 radical (unpaired) electrons. The fraction of sp³-hybridized carbons (Fsp3) is 0.818. The van der Waals surface area contributed by atoms with Crippen LogP contribution in [-0.2, 0) is 14.3 Å². The van der Waals surface area contributed by atoms with E-state index in [1.807, 2.05) is 0 Å². The highest BCUT2D eigenvalue weighted by Gasteiger charge is 2.23. The minimum Gasteiger partial charge on any atom is -0.393 e. The molecule has 5 heteroatoms. The molecule has 1 N–H and O–H groups in total. The van der Waals surface area contributed by atoms with Gasteiger partial charge in [0.25, 0.3) is 0 Å². The van der Waals surface area contributed by atoms with E-state index in [0.717, 1.165) is 19.3 Å². The molecule has 0 saturated heterocycles. The van der Waals surface area contributed by atoms with Crippen molar-refractivity contribution in [3.63, 3.8) is 0 Å². The van der Waals surface area contributed by atoms with Crippen LogP contribution in [0, 0.1) is 5.92 Å². The molecule has 0 heterocycles. The molecule has 2 unspecified atom stereocenters. The second kappa shape index (κ2) is 9.83. The van der Waals surface area contributed by atoms with Crippen LogP contribution in [0.25, 0.3) is 0 Å². The lowest BCUT2D eigenvalue weighted by molar-refractivity contribution is -0.163. The van der Waals surface area contributed by atoms with E-state index in [-0.39, 0.29) is 17.4 Å². The SMILES string of the molecule is CCCCCC(O)C(C)C(=O)OC(C)=O.[AlH3]. The monoisotopic (exact) mass is 246 g/mol. The lowest BCUT2D eigenvalue weighted by Gasteiger charge is -2.16. The normalized spacial score (nSPS) is 13.5. The zero-order valence-electron chi connectivity index (χ0n) is 9.66. The summed E-state index contributed by atoms with van der Waals surface area (Å²) in [6, 6.07) is 0. The van der Waals surface area contributed by atoms with E-state index in [4.69, 9.17) is 0 Å². The maximum absolute atomic E-state index is 11.2. The van der Waals surface area contributed by atoms with Crippen LogP contribution in [0.5, 0.6) is 0 Å². The first-order chi connectivity index (χ1) is 6.99. The van der Waals surface area contributed by atoms with Crippen LogP contribution in [-0.4, -0.2) is 40.5 Å². The number of hydrogen-bond donors (Lipinski definition) is 1. The minimum atomic E-state index is -0.719. The summed E-state index contributed by atoms with van der Waals surface area (Å²) < 4.78 is 4.40. The highest BCUT2D eigenvalue weighted by Crippen LogP contribution is 2.13. The molecular formula is C11H23AlO4. The number of ether oxygens (including phenoxy) is 1. The van der Waals surface area contributed by atoms with Gasteiger partial charge in [-0.25, -0.2) is 0 Å². The molecule has 0 aliphatic rings. The van der Waals surface area contributed by atoms with Gasteiger partial charge < -0.3 is 9.84 Å². The number of hydrogen-bond acceptors (Lipinski definition) is 4. The Morgan fingerprint density at radius 1 is 1.31 bits per heavy atom. The Hall–Kier alpha value is -0.368. The lowest BCUT2D eigenvalue weighted by atomic mass is 9.99. The first-order valence-electron chi connectivity index (χ1n) is 5.39. The summed E-state index contributed by atoms with van der Waals surface area (Å²) in [5.41, 5.74) is 0. The first kappa shape index (κ1) is 18.0. The van der Waals surface area contributed by atoms with Crippen LogP contribution in [0.3, 0.4) is 0 Å². The average molecular weight is 246 g/mol. The number of carbonyl (C=O) groups excluding carboxylic acids is 2. The summed E-state index contributed by atoms with van der Waals surface area (Å²) in [4.78, 5) is 21.7. The molecule has 4 nitrogen and oxygen atoms in total. The predicted molar refractivity (Wildman–Crippen MR) is 66.0 cm³/mol. The third kappa shape index (κ3) is 7.86. The molecule has 0 spiro atoms. The van der Waals surface area contributed by atoms with Gasteiger partial charge in [-0.3, -0.25) is 9.59 Å². The quantitative estimate of drug-likeness (QED) is 0.320. The van der Waals surface area contributed by atoms with Crippen molar-refractivity contribution in [2.45, 2.75) is 52.6 Å². The van der Waals surface area contributed by atoms with Gasteiger partial charge in [-0.1, -0.05) is 26.2 Å². The third-order valence-corrected chi connectivity index (χ3v) is 2.30. The maximum Gasteiger partial charge on any atom is 0.318 e. The second-order valence-electron chi connectivity index (χ2n) is 3.76. The van der Waals surface area contributed by atoms with E-state index < -0.39 is 24.0 Å². The summed E-state index contributed by atoms with van der Waals surface area (Å²) in [5, 5.41) is 9.62. The third-order valence-electron chi connectivity index (χ3n) is 2.30. The van der Waals surface area contributed by atoms with Gasteiger partial charge in [0.1, 0.15) is 0 Å². The Balaban J connectivity index is 0. The number of unbranched alkanes of at least 4 members (excludes halogenated alkanes) is 2. The van der Waals surface area contributed by atoms with Crippen LogP contribution < -0.4 is 0 Å². The minimum absolute atomic E-state index is 0. The predicted octanol–water partition coefficient (Wildman–Crippen LogP) is 0.469. The molecule has 0 aliphatic heterocycles. The van der Waals surface area contributed by atoms with Gasteiger partial charge in [0.2, 0.25) is 0 Å². The van der Waals surface area contributed by atoms with Gasteiger partial charge in [-0.2, -0.15) is 0 Å². The molecule has 0 bridgehead atoms. The smallest absolute Gasteiger partial charge is 0.318 e. The van der Waals surface area contributed by atoms with Crippen molar-refractivity contribution in [1.82, 2.24) is 0 Å². The molecule has 0 aromatic heterocycles. The van der Waals surface area contributed by atoms with Crippen molar-refractivity contribution in [2.75, 3.05) is 0 Å². The van der Waals surface area contributed by atoms with Crippen LogP contribution in [0.2, 0.25) is 0 Å². The molecular weight excluding hydrogens is 223 g/mol. The maximum atomic E-state index is 11.2. The summed E-state index contributed by atoms with van der Waals surface area (Å²) in [6.07, 6.45) is 2.84. The van der Waals surface area contributed by atoms with Gasteiger partial charge in [-0.05, 0) is 13.3 Å². The van der Waals surface area contributed by atoms with Crippen LogP contribution in [0.1, 0.15) is 46.5 Å². The lowest BCUT2D eigenvalue weighted by Crippen LogP contribution is -2.28. The van der Waals surface area contributed by atoms with E-state index in [1.54, 1.807) is 6.92 Å². The number of aliphatic hydroxyl groups is 1. The molecule has 0 rings (SSSR count). The number of esters is 2. The zero-order valence-corrected chi connectivity index (χ0v) is 9.66. The van der Waals surface area contributed by atoms with Crippen LogP contribution in [0.15, 0.2) is 0 Å². The molecule has 0 fully saturated rings. The molecule has 0 aromatic rings. The van der Waals surface area contributed by atoms with E-state index in [1.165, 1.54) is 6.92 Å². The highest BCUT2D eigenvalue weighted by atomic mass is 27.0. The fourth-order valence-corrected chi connectivity index (χ4v) is 1.25. The zero-order chi connectivity index (χ0) is 11.8. The van der Waals surface area contributed by atoms with Gasteiger partial charge in [0, 0.05) is 6.92 Å². The van der Waals surface area contributed by atoms with E-state index >= 15 is 0 Å². The Kier molecular flexibility index (Phi) is 11.1. The Morgan fingerprint density at radius 3 is 2.31 bits per heavy atom. The summed E-state index contributed by atoms with van der Waals surface area (Å²) in [5.74, 6) is -1.91. The Bertz CT molecular complexity index is 218. The molecule has 0 amide bonds. The van der Waals surface area contributed by atoms with Crippen molar-refractivity contribution >= 4 is 29.3 Å². The van der Waals surface area contributed by atoms with Crippen molar-refractivity contribution < 1.29 is 19.4 Å². The van der Waals surface area contributed by atoms with Crippen molar-refractivity contribution in [1.29, 1.82) is 0 Å². The summed E-state index contributed by atoms with van der Waals surface area (Å²) in [6.45, 7) is 4.82.